The number of aliphatic hydroxyl groups is 1. The molecule has 3 atom stereocenters. The van der Waals surface area contributed by atoms with Crippen LogP contribution in [0, 0.1) is 17.3 Å². The van der Waals surface area contributed by atoms with Gasteiger partial charge in [0.05, 0.1) is 10.6 Å². The fourth-order valence-corrected chi connectivity index (χ4v) is 6.43. The number of aliphatic hydroxyl groups excluding tert-OH is 1. The Hall–Kier alpha value is -0.870. The van der Waals surface area contributed by atoms with Gasteiger partial charge in [0.15, 0.2) is 9.84 Å². The zero-order valence-electron chi connectivity index (χ0n) is 10.7. The molecule has 4 rings (SSSR count). The van der Waals surface area contributed by atoms with Crippen molar-refractivity contribution in [3.8, 4) is 0 Å². The Balaban J connectivity index is 1.81. The first-order chi connectivity index (χ1) is 9.06. The van der Waals surface area contributed by atoms with Gasteiger partial charge in [0.25, 0.3) is 0 Å². The van der Waals surface area contributed by atoms with E-state index in [1.165, 1.54) is 6.42 Å². The molecule has 2 saturated carbocycles. The highest BCUT2D eigenvalue weighted by atomic mass is 32.2. The molecule has 0 amide bonds. The van der Waals surface area contributed by atoms with Gasteiger partial charge >= 0.3 is 0 Å². The molecule has 0 spiro atoms. The maximum absolute atomic E-state index is 12.3. The van der Waals surface area contributed by atoms with Crippen molar-refractivity contribution in [1.29, 1.82) is 0 Å². The molecule has 4 heteroatoms. The summed E-state index contributed by atoms with van der Waals surface area (Å²) in [5.41, 5.74) is 0.755. The SMILES string of the molecule is O=S1(=O)CC(C2(CO)CC3CC3C2)c2ccccc21. The first-order valence-corrected chi connectivity index (χ1v) is 8.63. The van der Waals surface area contributed by atoms with Gasteiger partial charge in [-0.15, -0.1) is 0 Å². The first kappa shape index (κ1) is 11.9. The Labute approximate surface area is 113 Å². The van der Waals surface area contributed by atoms with Gasteiger partial charge in [-0.3, -0.25) is 0 Å². The predicted molar refractivity (Wildman–Crippen MR) is 71.6 cm³/mol. The molecule has 2 fully saturated rings. The molecule has 0 radical (unpaired) electrons. The lowest BCUT2D eigenvalue weighted by molar-refractivity contribution is 0.0946. The fraction of sp³-hybridized carbons (Fsp3) is 0.600. The van der Waals surface area contributed by atoms with Crippen molar-refractivity contribution in [3.63, 3.8) is 0 Å². The van der Waals surface area contributed by atoms with Crippen molar-refractivity contribution in [2.75, 3.05) is 12.4 Å². The van der Waals surface area contributed by atoms with Crippen LogP contribution in [0.4, 0.5) is 0 Å². The Morgan fingerprint density at radius 3 is 2.58 bits per heavy atom. The number of hydrogen-bond donors (Lipinski definition) is 1. The van der Waals surface area contributed by atoms with Crippen molar-refractivity contribution in [2.45, 2.75) is 30.1 Å². The molecule has 3 nitrogen and oxygen atoms in total. The van der Waals surface area contributed by atoms with Crippen LogP contribution in [-0.4, -0.2) is 25.9 Å². The largest absolute Gasteiger partial charge is 0.396 e. The Morgan fingerprint density at radius 1 is 1.21 bits per heavy atom. The summed E-state index contributed by atoms with van der Waals surface area (Å²) in [5.74, 6) is 1.66. The van der Waals surface area contributed by atoms with Crippen LogP contribution >= 0.6 is 0 Å². The van der Waals surface area contributed by atoms with Crippen LogP contribution in [0.3, 0.4) is 0 Å². The summed E-state index contributed by atoms with van der Waals surface area (Å²) in [7, 11) is -3.15. The molecule has 1 aromatic carbocycles. The molecular formula is C15H18O3S. The lowest BCUT2D eigenvalue weighted by Crippen LogP contribution is -2.32. The monoisotopic (exact) mass is 278 g/mol. The summed E-state index contributed by atoms with van der Waals surface area (Å²) < 4.78 is 24.6. The zero-order valence-corrected chi connectivity index (χ0v) is 11.6. The van der Waals surface area contributed by atoms with E-state index in [2.05, 4.69) is 0 Å². The van der Waals surface area contributed by atoms with Gasteiger partial charge < -0.3 is 5.11 Å². The van der Waals surface area contributed by atoms with Crippen molar-refractivity contribution in [1.82, 2.24) is 0 Å². The third-order valence-corrected chi connectivity index (χ3v) is 7.29. The number of fused-ring (bicyclic) bond motifs is 2. The zero-order chi connectivity index (χ0) is 13.3. The minimum absolute atomic E-state index is 0.00787. The molecule has 2 aliphatic carbocycles. The van der Waals surface area contributed by atoms with Crippen LogP contribution in [0.5, 0.6) is 0 Å². The molecular weight excluding hydrogens is 260 g/mol. The molecule has 1 aliphatic heterocycles. The standard InChI is InChI=1S/C15H18O3S/c16-9-15(6-10-5-11(10)7-15)13-8-19(17,18)14-4-2-1-3-12(13)14/h1-4,10-11,13,16H,5-9H2. The summed E-state index contributed by atoms with van der Waals surface area (Å²) in [4.78, 5) is 0.494. The van der Waals surface area contributed by atoms with Gasteiger partial charge in [0, 0.05) is 17.9 Å². The van der Waals surface area contributed by atoms with Crippen LogP contribution in [0.1, 0.15) is 30.7 Å². The maximum atomic E-state index is 12.3. The van der Waals surface area contributed by atoms with E-state index in [0.29, 0.717) is 4.90 Å². The molecule has 1 heterocycles. The molecule has 3 unspecified atom stereocenters. The molecule has 0 aromatic heterocycles. The molecule has 1 N–H and O–H groups in total. The Morgan fingerprint density at radius 2 is 1.89 bits per heavy atom. The number of sulfone groups is 1. The van der Waals surface area contributed by atoms with Gasteiger partial charge in [0.1, 0.15) is 0 Å². The highest BCUT2D eigenvalue weighted by Gasteiger charge is 2.59. The third kappa shape index (κ3) is 1.56. The highest BCUT2D eigenvalue weighted by molar-refractivity contribution is 7.91. The van der Waals surface area contributed by atoms with Crippen LogP contribution in [0.25, 0.3) is 0 Å². The van der Waals surface area contributed by atoms with Crippen molar-refractivity contribution < 1.29 is 13.5 Å². The highest BCUT2D eigenvalue weighted by Crippen LogP contribution is 2.65. The van der Waals surface area contributed by atoms with E-state index in [1.54, 1.807) is 12.1 Å². The molecule has 0 bridgehead atoms. The lowest BCUT2D eigenvalue weighted by Gasteiger charge is -2.35. The van der Waals surface area contributed by atoms with E-state index in [4.69, 9.17) is 0 Å². The lowest BCUT2D eigenvalue weighted by atomic mass is 9.70. The molecule has 1 aromatic rings. The number of rotatable bonds is 2. The Bertz CT molecular complexity index is 625. The average Bonchev–Trinajstić information content (AvgIpc) is 2.91. The molecule has 3 aliphatic rings. The summed E-state index contributed by atoms with van der Waals surface area (Å²) in [6.45, 7) is 0.120. The van der Waals surface area contributed by atoms with Crippen molar-refractivity contribution in [2.24, 2.45) is 17.3 Å². The smallest absolute Gasteiger partial charge is 0.179 e. The van der Waals surface area contributed by atoms with Crippen LogP contribution < -0.4 is 0 Å². The van der Waals surface area contributed by atoms with Gasteiger partial charge in [-0.05, 0) is 42.7 Å². The van der Waals surface area contributed by atoms with E-state index in [-0.39, 0.29) is 23.7 Å². The molecule has 0 saturated heterocycles. The second-order valence-corrected chi connectivity index (χ2v) is 8.56. The van der Waals surface area contributed by atoms with Gasteiger partial charge in [0.2, 0.25) is 0 Å². The van der Waals surface area contributed by atoms with Crippen LogP contribution in [-0.2, 0) is 9.84 Å². The topological polar surface area (TPSA) is 54.4 Å². The minimum Gasteiger partial charge on any atom is -0.396 e. The maximum Gasteiger partial charge on any atom is 0.179 e. The summed E-state index contributed by atoms with van der Waals surface area (Å²) in [5, 5.41) is 9.92. The first-order valence-electron chi connectivity index (χ1n) is 6.98. The summed E-state index contributed by atoms with van der Waals surface area (Å²) >= 11 is 0. The van der Waals surface area contributed by atoms with Crippen molar-refractivity contribution >= 4 is 9.84 Å². The van der Waals surface area contributed by atoms with Gasteiger partial charge in [-0.2, -0.15) is 0 Å². The van der Waals surface area contributed by atoms with E-state index in [0.717, 1.165) is 30.2 Å². The summed E-state index contributed by atoms with van der Waals surface area (Å²) in [6.07, 6.45) is 3.29. The van der Waals surface area contributed by atoms with E-state index >= 15 is 0 Å². The Kier molecular flexibility index (Phi) is 2.26. The van der Waals surface area contributed by atoms with E-state index < -0.39 is 9.84 Å². The van der Waals surface area contributed by atoms with Crippen LogP contribution in [0.15, 0.2) is 29.2 Å². The predicted octanol–water partition coefficient (Wildman–Crippen LogP) is 1.97. The van der Waals surface area contributed by atoms with Gasteiger partial charge in [-0.1, -0.05) is 18.2 Å². The van der Waals surface area contributed by atoms with Crippen LogP contribution in [0.2, 0.25) is 0 Å². The normalized spacial score (nSPS) is 41.8. The summed E-state index contributed by atoms with van der Waals surface area (Å²) in [6, 6.07) is 7.35. The van der Waals surface area contributed by atoms with Gasteiger partial charge in [-0.25, -0.2) is 8.42 Å². The molecule has 102 valence electrons. The number of hydrogen-bond acceptors (Lipinski definition) is 3. The average molecular weight is 278 g/mol. The second-order valence-electron chi connectivity index (χ2n) is 6.56. The minimum atomic E-state index is -3.15. The fourth-order valence-electron chi connectivity index (χ4n) is 4.42. The third-order valence-electron chi connectivity index (χ3n) is 5.48. The second kappa shape index (κ2) is 3.61. The van der Waals surface area contributed by atoms with Crippen molar-refractivity contribution in [3.05, 3.63) is 29.8 Å². The van der Waals surface area contributed by atoms with E-state index in [1.807, 2.05) is 12.1 Å². The quantitative estimate of drug-likeness (QED) is 0.900. The van der Waals surface area contributed by atoms with E-state index in [9.17, 15) is 13.5 Å². The molecule has 19 heavy (non-hydrogen) atoms. The number of benzene rings is 1.